The highest BCUT2D eigenvalue weighted by Gasteiger charge is 2.08. The lowest BCUT2D eigenvalue weighted by Gasteiger charge is -2.08. The second-order valence-corrected chi connectivity index (χ2v) is 4.03. The quantitative estimate of drug-likeness (QED) is 0.769. The van der Waals surface area contributed by atoms with Crippen LogP contribution in [0.1, 0.15) is 5.56 Å². The zero-order chi connectivity index (χ0) is 13.8. The molecule has 0 aliphatic heterocycles. The van der Waals surface area contributed by atoms with Gasteiger partial charge < -0.3 is 4.74 Å². The van der Waals surface area contributed by atoms with E-state index in [1.807, 2.05) is 0 Å². The van der Waals surface area contributed by atoms with Crippen LogP contribution < -0.4 is 10.2 Å². The molecule has 0 aliphatic rings. The molecule has 2 rings (SSSR count). The Bertz CT molecular complexity index is 570. The molecule has 2 aromatic carbocycles. The lowest BCUT2D eigenvalue weighted by atomic mass is 9.95. The summed E-state index contributed by atoms with van der Waals surface area (Å²) in [5, 5.41) is 0. The Morgan fingerprint density at radius 1 is 0.947 bits per heavy atom. The van der Waals surface area contributed by atoms with Gasteiger partial charge in [-0.05, 0) is 23.8 Å². The molecule has 19 heavy (non-hydrogen) atoms. The van der Waals surface area contributed by atoms with Crippen molar-refractivity contribution in [1.29, 1.82) is 0 Å². The summed E-state index contributed by atoms with van der Waals surface area (Å²) in [5.41, 5.74) is 0.584. The summed E-state index contributed by atoms with van der Waals surface area (Å²) < 4.78 is 44.3. The molecule has 2 radical (unpaired) electrons. The molecule has 96 valence electrons. The summed E-state index contributed by atoms with van der Waals surface area (Å²) >= 11 is 0. The van der Waals surface area contributed by atoms with Crippen molar-refractivity contribution in [3.05, 3.63) is 59.4 Å². The fraction of sp³-hybridized carbons (Fsp3) is 0.143. The van der Waals surface area contributed by atoms with Gasteiger partial charge in [-0.25, -0.2) is 13.2 Å². The molecule has 0 bridgehead atoms. The van der Waals surface area contributed by atoms with Crippen molar-refractivity contribution in [3.8, 4) is 5.75 Å². The normalized spacial score (nSPS) is 10.5. The molecule has 0 spiro atoms. The third kappa shape index (κ3) is 3.53. The summed E-state index contributed by atoms with van der Waals surface area (Å²) in [7, 11) is 5.22. The van der Waals surface area contributed by atoms with Crippen LogP contribution >= 0.6 is 0 Å². The van der Waals surface area contributed by atoms with Gasteiger partial charge in [0, 0.05) is 12.5 Å². The van der Waals surface area contributed by atoms with Gasteiger partial charge in [0.2, 0.25) is 0 Å². The predicted molar refractivity (Wildman–Crippen MR) is 67.3 cm³/mol. The summed E-state index contributed by atoms with van der Waals surface area (Å²) in [6.07, 6.45) is 0.464. The van der Waals surface area contributed by atoms with Crippen LogP contribution in [0.3, 0.4) is 0 Å². The molecule has 5 heteroatoms. The van der Waals surface area contributed by atoms with Crippen LogP contribution in [-0.4, -0.2) is 14.5 Å². The number of hydrogen-bond donors (Lipinski definition) is 0. The minimum absolute atomic E-state index is 0.159. The zero-order valence-corrected chi connectivity index (χ0v) is 10.00. The van der Waals surface area contributed by atoms with E-state index in [9.17, 15) is 13.2 Å². The van der Waals surface area contributed by atoms with E-state index in [0.717, 1.165) is 17.7 Å². The highest BCUT2D eigenvalue weighted by molar-refractivity contribution is 6.32. The summed E-state index contributed by atoms with van der Waals surface area (Å²) in [4.78, 5) is 0. The van der Waals surface area contributed by atoms with Crippen LogP contribution in [0.15, 0.2) is 36.4 Å². The average molecular weight is 262 g/mol. The number of halogens is 3. The molecule has 0 N–H and O–H groups in total. The van der Waals surface area contributed by atoms with E-state index in [2.05, 4.69) is 0 Å². The molecular formula is C14H10BF3O. The number of rotatable bonds is 4. The molecule has 0 aliphatic carbocycles. The molecule has 0 atom stereocenters. The fourth-order valence-corrected chi connectivity index (χ4v) is 1.58. The van der Waals surface area contributed by atoms with Gasteiger partial charge in [-0.15, -0.1) is 0 Å². The third-order valence-electron chi connectivity index (χ3n) is 2.61. The van der Waals surface area contributed by atoms with E-state index in [1.165, 1.54) is 12.1 Å². The number of benzene rings is 2. The maximum absolute atomic E-state index is 13.4. The topological polar surface area (TPSA) is 9.23 Å². The number of ether oxygens (including phenoxy) is 1. The molecule has 0 heterocycles. The maximum atomic E-state index is 13.4. The van der Waals surface area contributed by atoms with E-state index in [0.29, 0.717) is 6.42 Å². The Balaban J connectivity index is 1.96. The first-order valence-corrected chi connectivity index (χ1v) is 5.68. The Morgan fingerprint density at radius 2 is 1.63 bits per heavy atom. The van der Waals surface area contributed by atoms with Crippen molar-refractivity contribution in [2.45, 2.75) is 6.42 Å². The minimum Gasteiger partial charge on any atom is -0.490 e. The van der Waals surface area contributed by atoms with Crippen molar-refractivity contribution in [1.82, 2.24) is 0 Å². The first-order valence-electron chi connectivity index (χ1n) is 5.68. The molecule has 2 aromatic rings. The fourth-order valence-electron chi connectivity index (χ4n) is 1.58. The smallest absolute Gasteiger partial charge is 0.164 e. The zero-order valence-electron chi connectivity index (χ0n) is 10.00. The van der Waals surface area contributed by atoms with Gasteiger partial charge in [-0.2, -0.15) is 0 Å². The van der Waals surface area contributed by atoms with Crippen LogP contribution in [0.2, 0.25) is 0 Å². The van der Waals surface area contributed by atoms with Gasteiger partial charge in [0.05, 0.1) is 6.61 Å². The first-order chi connectivity index (χ1) is 9.06. The molecule has 0 fully saturated rings. The van der Waals surface area contributed by atoms with E-state index in [1.54, 1.807) is 12.1 Å². The Hall–Kier alpha value is -1.91. The number of hydrogen-bond acceptors (Lipinski definition) is 1. The van der Waals surface area contributed by atoms with Crippen molar-refractivity contribution in [2.24, 2.45) is 0 Å². The SMILES string of the molecule is [B]c1cc(F)c(OCCc2ccc(F)cc2)cc1F. The monoisotopic (exact) mass is 262 g/mol. The Kier molecular flexibility index (Phi) is 4.15. The molecule has 0 saturated heterocycles. The van der Waals surface area contributed by atoms with E-state index < -0.39 is 11.6 Å². The van der Waals surface area contributed by atoms with Gasteiger partial charge in [-0.3, -0.25) is 0 Å². The predicted octanol–water partition coefficient (Wildman–Crippen LogP) is 2.52. The van der Waals surface area contributed by atoms with E-state index in [4.69, 9.17) is 12.6 Å². The molecule has 0 saturated carbocycles. The minimum atomic E-state index is -0.724. The lowest BCUT2D eigenvalue weighted by molar-refractivity contribution is 0.303. The van der Waals surface area contributed by atoms with Crippen LogP contribution in [0.25, 0.3) is 0 Å². The molecule has 0 amide bonds. The Morgan fingerprint density at radius 3 is 2.32 bits per heavy atom. The summed E-state index contributed by atoms with van der Waals surface area (Å²) in [6.45, 7) is 0.159. The highest BCUT2D eigenvalue weighted by Crippen LogP contribution is 2.17. The second kappa shape index (κ2) is 5.82. The summed E-state index contributed by atoms with van der Waals surface area (Å²) in [5.74, 6) is -1.94. The van der Waals surface area contributed by atoms with Crippen LogP contribution in [0.4, 0.5) is 13.2 Å². The second-order valence-electron chi connectivity index (χ2n) is 4.03. The van der Waals surface area contributed by atoms with Crippen molar-refractivity contribution < 1.29 is 17.9 Å². The average Bonchev–Trinajstić information content (AvgIpc) is 2.38. The van der Waals surface area contributed by atoms with Gasteiger partial charge in [0.1, 0.15) is 19.5 Å². The van der Waals surface area contributed by atoms with Gasteiger partial charge >= 0.3 is 0 Å². The van der Waals surface area contributed by atoms with Crippen molar-refractivity contribution >= 4 is 13.3 Å². The first kappa shape index (κ1) is 13.5. The van der Waals surface area contributed by atoms with Crippen LogP contribution in [0.5, 0.6) is 5.75 Å². The molecular weight excluding hydrogens is 252 g/mol. The maximum Gasteiger partial charge on any atom is 0.164 e. The largest absolute Gasteiger partial charge is 0.490 e. The standard InChI is InChI=1S/C14H10BF3O/c15-11-7-13(18)14(8-12(11)17)19-6-5-9-1-3-10(16)4-2-9/h1-4,7-8H,5-6H2. The van der Waals surface area contributed by atoms with Gasteiger partial charge in [0.15, 0.2) is 11.6 Å². The van der Waals surface area contributed by atoms with Crippen molar-refractivity contribution in [3.63, 3.8) is 0 Å². The molecule has 0 unspecified atom stereocenters. The Labute approximate surface area is 110 Å². The summed E-state index contributed by atoms with van der Waals surface area (Å²) in [6, 6.07) is 7.67. The van der Waals surface area contributed by atoms with Gasteiger partial charge in [-0.1, -0.05) is 17.6 Å². The van der Waals surface area contributed by atoms with Crippen molar-refractivity contribution in [2.75, 3.05) is 6.61 Å². The highest BCUT2D eigenvalue weighted by atomic mass is 19.1. The third-order valence-corrected chi connectivity index (χ3v) is 2.61. The molecule has 1 nitrogen and oxygen atoms in total. The van der Waals surface area contributed by atoms with Crippen LogP contribution in [-0.2, 0) is 6.42 Å². The van der Waals surface area contributed by atoms with E-state index in [-0.39, 0.29) is 23.6 Å². The molecule has 0 aromatic heterocycles. The van der Waals surface area contributed by atoms with Crippen LogP contribution in [0, 0.1) is 17.5 Å². The lowest BCUT2D eigenvalue weighted by Crippen LogP contribution is -2.11. The van der Waals surface area contributed by atoms with E-state index >= 15 is 0 Å². The van der Waals surface area contributed by atoms with Gasteiger partial charge in [0.25, 0.3) is 0 Å².